The summed E-state index contributed by atoms with van der Waals surface area (Å²) < 4.78 is 15.2. The Hall–Kier alpha value is -3.02. The Morgan fingerprint density at radius 1 is 1.00 bits per heavy atom. The molecule has 0 aliphatic carbocycles. The van der Waals surface area contributed by atoms with Gasteiger partial charge in [-0.15, -0.1) is 0 Å². The van der Waals surface area contributed by atoms with Gasteiger partial charge in [-0.2, -0.15) is 0 Å². The van der Waals surface area contributed by atoms with Crippen LogP contribution in [0.25, 0.3) is 0 Å². The number of carbonyl (C=O) groups excluding carboxylic acids is 2. The van der Waals surface area contributed by atoms with Gasteiger partial charge in [-0.05, 0) is 48.9 Å². The standard InChI is InChI=1S/C18H19NO5/c1-13-4-3-5-14(10-13)19-17(20)11-24-18(21)12-23-16-8-6-15(22-2)7-9-16/h3-10H,11-12H2,1-2H3,(H,19,20). The van der Waals surface area contributed by atoms with Crippen LogP contribution in [0, 0.1) is 6.92 Å². The molecule has 2 rings (SSSR count). The topological polar surface area (TPSA) is 73.9 Å². The number of amides is 1. The lowest BCUT2D eigenvalue weighted by Crippen LogP contribution is -2.23. The maximum atomic E-state index is 11.7. The van der Waals surface area contributed by atoms with Gasteiger partial charge < -0.3 is 19.5 Å². The molecule has 0 fully saturated rings. The number of carbonyl (C=O) groups is 2. The van der Waals surface area contributed by atoms with Crippen LogP contribution in [0.5, 0.6) is 11.5 Å². The van der Waals surface area contributed by atoms with Crippen LogP contribution < -0.4 is 14.8 Å². The minimum atomic E-state index is -0.620. The first kappa shape index (κ1) is 17.3. The summed E-state index contributed by atoms with van der Waals surface area (Å²) in [5.41, 5.74) is 1.68. The molecular formula is C18H19NO5. The summed E-state index contributed by atoms with van der Waals surface area (Å²) in [4.78, 5) is 23.3. The highest BCUT2D eigenvalue weighted by atomic mass is 16.6. The number of rotatable bonds is 7. The van der Waals surface area contributed by atoms with Crippen molar-refractivity contribution in [3.05, 3.63) is 54.1 Å². The molecule has 0 aliphatic heterocycles. The summed E-state index contributed by atoms with van der Waals surface area (Å²) in [6, 6.07) is 14.1. The first-order chi connectivity index (χ1) is 11.6. The van der Waals surface area contributed by atoms with Crippen molar-refractivity contribution in [1.82, 2.24) is 0 Å². The Morgan fingerprint density at radius 3 is 2.38 bits per heavy atom. The molecule has 0 radical (unpaired) electrons. The smallest absolute Gasteiger partial charge is 0.344 e. The van der Waals surface area contributed by atoms with Gasteiger partial charge in [0.25, 0.3) is 5.91 Å². The largest absolute Gasteiger partial charge is 0.497 e. The van der Waals surface area contributed by atoms with E-state index in [0.29, 0.717) is 17.2 Å². The van der Waals surface area contributed by atoms with Crippen LogP contribution in [0.15, 0.2) is 48.5 Å². The molecule has 24 heavy (non-hydrogen) atoms. The maximum Gasteiger partial charge on any atom is 0.344 e. The number of nitrogens with one attached hydrogen (secondary N) is 1. The van der Waals surface area contributed by atoms with Crippen LogP contribution in [-0.2, 0) is 14.3 Å². The zero-order chi connectivity index (χ0) is 17.4. The Kier molecular flexibility index (Phi) is 6.19. The minimum Gasteiger partial charge on any atom is -0.497 e. The number of esters is 1. The summed E-state index contributed by atoms with van der Waals surface area (Å²) in [7, 11) is 1.56. The molecule has 6 nitrogen and oxygen atoms in total. The van der Waals surface area contributed by atoms with Crippen LogP contribution in [-0.4, -0.2) is 32.2 Å². The Bertz CT molecular complexity index is 697. The van der Waals surface area contributed by atoms with Gasteiger partial charge in [-0.25, -0.2) is 4.79 Å². The summed E-state index contributed by atoms with van der Waals surface area (Å²) in [6.07, 6.45) is 0. The molecule has 0 unspecified atom stereocenters. The van der Waals surface area contributed by atoms with Gasteiger partial charge in [0, 0.05) is 5.69 Å². The van der Waals surface area contributed by atoms with Crippen molar-refractivity contribution in [1.29, 1.82) is 0 Å². The fourth-order valence-corrected chi connectivity index (χ4v) is 1.92. The third-order valence-corrected chi connectivity index (χ3v) is 3.08. The number of benzene rings is 2. The molecule has 2 aromatic carbocycles. The van der Waals surface area contributed by atoms with E-state index in [1.54, 1.807) is 37.4 Å². The lowest BCUT2D eigenvalue weighted by molar-refractivity contribution is -0.149. The van der Waals surface area contributed by atoms with Gasteiger partial charge in [0.15, 0.2) is 13.2 Å². The number of hydrogen-bond acceptors (Lipinski definition) is 5. The van der Waals surface area contributed by atoms with Gasteiger partial charge in [0.2, 0.25) is 0 Å². The molecule has 0 saturated heterocycles. The lowest BCUT2D eigenvalue weighted by Gasteiger charge is -2.08. The van der Waals surface area contributed by atoms with E-state index in [9.17, 15) is 9.59 Å². The molecule has 0 saturated carbocycles. The summed E-state index contributed by atoms with van der Waals surface area (Å²) in [5.74, 6) is 0.179. The Morgan fingerprint density at radius 2 is 1.71 bits per heavy atom. The van der Waals surface area contributed by atoms with E-state index in [2.05, 4.69) is 5.32 Å². The minimum absolute atomic E-state index is 0.274. The monoisotopic (exact) mass is 329 g/mol. The Labute approximate surface area is 140 Å². The molecule has 0 aliphatic rings. The van der Waals surface area contributed by atoms with Gasteiger partial charge in [0.05, 0.1) is 7.11 Å². The highest BCUT2D eigenvalue weighted by molar-refractivity contribution is 5.92. The summed E-state index contributed by atoms with van der Waals surface area (Å²) >= 11 is 0. The molecule has 126 valence electrons. The molecule has 0 spiro atoms. The quantitative estimate of drug-likeness (QED) is 0.790. The van der Waals surface area contributed by atoms with E-state index in [4.69, 9.17) is 14.2 Å². The fraction of sp³-hybridized carbons (Fsp3) is 0.222. The predicted molar refractivity (Wildman–Crippen MR) is 89.3 cm³/mol. The zero-order valence-corrected chi connectivity index (χ0v) is 13.6. The normalized spacial score (nSPS) is 9.92. The van der Waals surface area contributed by atoms with Gasteiger partial charge in [-0.3, -0.25) is 4.79 Å². The maximum absolute atomic E-state index is 11.7. The average Bonchev–Trinajstić information content (AvgIpc) is 2.58. The summed E-state index contributed by atoms with van der Waals surface area (Å²) in [6.45, 7) is 1.29. The SMILES string of the molecule is COc1ccc(OCC(=O)OCC(=O)Nc2cccc(C)c2)cc1. The van der Waals surface area contributed by atoms with E-state index in [-0.39, 0.29) is 13.2 Å². The molecule has 0 bridgehead atoms. The zero-order valence-electron chi connectivity index (χ0n) is 13.6. The highest BCUT2D eigenvalue weighted by Crippen LogP contribution is 2.16. The van der Waals surface area contributed by atoms with Gasteiger partial charge in [-0.1, -0.05) is 12.1 Å². The predicted octanol–water partition coefficient (Wildman–Crippen LogP) is 2.56. The lowest BCUT2D eigenvalue weighted by atomic mass is 10.2. The van der Waals surface area contributed by atoms with Crippen molar-refractivity contribution in [2.75, 3.05) is 25.6 Å². The van der Waals surface area contributed by atoms with E-state index >= 15 is 0 Å². The van der Waals surface area contributed by atoms with Crippen LogP contribution in [0.4, 0.5) is 5.69 Å². The second-order valence-electron chi connectivity index (χ2n) is 5.04. The molecular weight excluding hydrogens is 310 g/mol. The van der Waals surface area contributed by atoms with Crippen molar-refractivity contribution in [3.63, 3.8) is 0 Å². The number of aryl methyl sites for hydroxylation is 1. The molecule has 1 amide bonds. The number of hydrogen-bond donors (Lipinski definition) is 1. The molecule has 2 aromatic rings. The number of anilines is 1. The number of methoxy groups -OCH3 is 1. The van der Waals surface area contributed by atoms with E-state index in [0.717, 1.165) is 5.56 Å². The van der Waals surface area contributed by atoms with Crippen LogP contribution in [0.2, 0.25) is 0 Å². The van der Waals surface area contributed by atoms with E-state index < -0.39 is 11.9 Å². The van der Waals surface area contributed by atoms with Crippen LogP contribution >= 0.6 is 0 Å². The average molecular weight is 329 g/mol. The molecule has 0 heterocycles. The summed E-state index contributed by atoms with van der Waals surface area (Å²) in [5, 5.41) is 2.65. The second kappa shape index (κ2) is 8.57. The van der Waals surface area contributed by atoms with Crippen LogP contribution in [0.3, 0.4) is 0 Å². The second-order valence-corrected chi connectivity index (χ2v) is 5.04. The van der Waals surface area contributed by atoms with Crippen molar-refractivity contribution >= 4 is 17.6 Å². The highest BCUT2D eigenvalue weighted by Gasteiger charge is 2.09. The third kappa shape index (κ3) is 5.64. The number of ether oxygens (including phenoxy) is 3. The van der Waals surface area contributed by atoms with Crippen molar-refractivity contribution < 1.29 is 23.8 Å². The van der Waals surface area contributed by atoms with Gasteiger partial charge in [0.1, 0.15) is 11.5 Å². The van der Waals surface area contributed by atoms with E-state index in [1.165, 1.54) is 0 Å². The first-order valence-corrected chi connectivity index (χ1v) is 7.36. The fourth-order valence-electron chi connectivity index (χ4n) is 1.92. The molecule has 6 heteroatoms. The molecule has 1 N–H and O–H groups in total. The third-order valence-electron chi connectivity index (χ3n) is 3.08. The van der Waals surface area contributed by atoms with Crippen molar-refractivity contribution in [3.8, 4) is 11.5 Å². The van der Waals surface area contributed by atoms with Crippen molar-refractivity contribution in [2.45, 2.75) is 6.92 Å². The first-order valence-electron chi connectivity index (χ1n) is 7.36. The Balaban J connectivity index is 1.71. The van der Waals surface area contributed by atoms with Crippen LogP contribution in [0.1, 0.15) is 5.56 Å². The van der Waals surface area contributed by atoms with E-state index in [1.807, 2.05) is 25.1 Å². The van der Waals surface area contributed by atoms with Crippen molar-refractivity contribution in [2.24, 2.45) is 0 Å². The molecule has 0 atom stereocenters. The molecule has 0 aromatic heterocycles. The van der Waals surface area contributed by atoms with Gasteiger partial charge >= 0.3 is 5.97 Å².